The van der Waals surface area contributed by atoms with Gasteiger partial charge >= 0.3 is 0 Å². The third kappa shape index (κ3) is 3.53. The van der Waals surface area contributed by atoms with Gasteiger partial charge in [0.25, 0.3) is 5.56 Å². The monoisotopic (exact) mass is 402 g/mol. The first-order chi connectivity index (χ1) is 13.2. The third-order valence-corrected chi connectivity index (χ3v) is 5.43. The van der Waals surface area contributed by atoms with Crippen LogP contribution in [0.5, 0.6) is 11.5 Å². The predicted molar refractivity (Wildman–Crippen MR) is 103 cm³/mol. The molecule has 4 aromatic rings. The second kappa shape index (κ2) is 7.41. The van der Waals surface area contributed by atoms with E-state index in [1.165, 1.54) is 23.1 Å². The van der Waals surface area contributed by atoms with E-state index in [0.717, 1.165) is 0 Å². The van der Waals surface area contributed by atoms with Crippen molar-refractivity contribution in [3.63, 3.8) is 0 Å². The largest absolute Gasteiger partial charge is 0.497 e. The number of H-pyrrole nitrogens is 1. The molecule has 10 heteroatoms. The number of hydrogen-bond donors (Lipinski definition) is 1. The standard InChI is InChI=1S/C17H14N4O4S2/c1-23-9-3-4-10(12(7-9)24-2)14-18-13(25-21-14)8-27-17-19-15(22)11-5-6-26-16(11)20-17/h3-7H,8H2,1-2H3,(H,19,20,22). The average molecular weight is 402 g/mol. The Kier molecular flexibility index (Phi) is 4.82. The first kappa shape index (κ1) is 17.6. The number of ether oxygens (including phenoxy) is 2. The fraction of sp³-hybridized carbons (Fsp3) is 0.176. The van der Waals surface area contributed by atoms with E-state index in [1.807, 2.05) is 11.4 Å². The number of nitrogens with one attached hydrogen (secondary N) is 1. The molecule has 0 bridgehead atoms. The van der Waals surface area contributed by atoms with Crippen LogP contribution in [0, 0.1) is 0 Å². The van der Waals surface area contributed by atoms with Gasteiger partial charge in [0.05, 0.1) is 30.9 Å². The molecule has 0 amide bonds. The van der Waals surface area contributed by atoms with Crippen molar-refractivity contribution in [1.29, 1.82) is 0 Å². The second-order valence-corrected chi connectivity index (χ2v) is 7.24. The number of hydrogen-bond acceptors (Lipinski definition) is 9. The molecule has 0 aliphatic carbocycles. The van der Waals surface area contributed by atoms with Crippen molar-refractivity contribution in [3.05, 3.63) is 45.9 Å². The summed E-state index contributed by atoms with van der Waals surface area (Å²) >= 11 is 2.75. The SMILES string of the molecule is COc1ccc(-c2noc(CSc3nc4sccc4c(=O)[nH]3)n2)c(OC)c1. The van der Waals surface area contributed by atoms with Gasteiger partial charge in [0, 0.05) is 6.07 Å². The maximum atomic E-state index is 12.0. The van der Waals surface area contributed by atoms with Crippen molar-refractivity contribution >= 4 is 33.3 Å². The van der Waals surface area contributed by atoms with Crippen molar-refractivity contribution in [2.75, 3.05) is 14.2 Å². The van der Waals surface area contributed by atoms with Crippen LogP contribution in [-0.2, 0) is 5.75 Å². The number of rotatable bonds is 6. The normalized spacial score (nSPS) is 11.0. The van der Waals surface area contributed by atoms with Crippen LogP contribution in [0.2, 0.25) is 0 Å². The van der Waals surface area contributed by atoms with Crippen LogP contribution in [-0.4, -0.2) is 34.3 Å². The molecule has 27 heavy (non-hydrogen) atoms. The molecule has 138 valence electrons. The zero-order valence-electron chi connectivity index (χ0n) is 14.4. The highest BCUT2D eigenvalue weighted by molar-refractivity contribution is 7.98. The predicted octanol–water partition coefficient (Wildman–Crippen LogP) is 3.34. The molecule has 0 saturated heterocycles. The highest BCUT2D eigenvalue weighted by Crippen LogP contribution is 2.32. The maximum Gasteiger partial charge on any atom is 0.260 e. The Morgan fingerprint density at radius 3 is 2.93 bits per heavy atom. The van der Waals surface area contributed by atoms with E-state index >= 15 is 0 Å². The van der Waals surface area contributed by atoms with Crippen molar-refractivity contribution < 1.29 is 14.0 Å². The van der Waals surface area contributed by atoms with Crippen molar-refractivity contribution in [2.24, 2.45) is 0 Å². The topological polar surface area (TPSA) is 103 Å². The quantitative estimate of drug-likeness (QED) is 0.387. The molecule has 0 radical (unpaired) electrons. The van der Waals surface area contributed by atoms with Gasteiger partial charge in [-0.25, -0.2) is 4.98 Å². The molecule has 3 aromatic heterocycles. The summed E-state index contributed by atoms with van der Waals surface area (Å²) in [6.45, 7) is 0. The fourth-order valence-corrected chi connectivity index (χ4v) is 3.97. The lowest BCUT2D eigenvalue weighted by Gasteiger charge is -2.07. The van der Waals surface area contributed by atoms with Gasteiger partial charge in [-0.2, -0.15) is 4.98 Å². The number of aromatic amines is 1. The molecule has 0 saturated carbocycles. The summed E-state index contributed by atoms with van der Waals surface area (Å²) in [6.07, 6.45) is 0. The van der Waals surface area contributed by atoms with E-state index < -0.39 is 0 Å². The number of methoxy groups -OCH3 is 2. The Morgan fingerprint density at radius 2 is 2.11 bits per heavy atom. The van der Waals surface area contributed by atoms with Crippen LogP contribution in [0.4, 0.5) is 0 Å². The van der Waals surface area contributed by atoms with Gasteiger partial charge in [-0.1, -0.05) is 16.9 Å². The van der Waals surface area contributed by atoms with E-state index in [4.69, 9.17) is 14.0 Å². The minimum absolute atomic E-state index is 0.155. The van der Waals surface area contributed by atoms with Gasteiger partial charge < -0.3 is 19.0 Å². The minimum atomic E-state index is -0.155. The zero-order valence-corrected chi connectivity index (χ0v) is 16.0. The lowest BCUT2D eigenvalue weighted by atomic mass is 10.2. The Hall–Kier alpha value is -2.85. The number of benzene rings is 1. The summed E-state index contributed by atoms with van der Waals surface area (Å²) < 4.78 is 15.9. The minimum Gasteiger partial charge on any atom is -0.497 e. The van der Waals surface area contributed by atoms with Crippen LogP contribution >= 0.6 is 23.1 Å². The average Bonchev–Trinajstić information content (AvgIpc) is 3.35. The van der Waals surface area contributed by atoms with Crippen molar-refractivity contribution in [2.45, 2.75) is 10.9 Å². The van der Waals surface area contributed by atoms with Gasteiger partial charge in [-0.05, 0) is 23.6 Å². The Morgan fingerprint density at radius 1 is 1.22 bits per heavy atom. The molecule has 1 N–H and O–H groups in total. The van der Waals surface area contributed by atoms with Crippen LogP contribution < -0.4 is 15.0 Å². The summed E-state index contributed by atoms with van der Waals surface area (Å²) in [5, 5.41) is 6.96. The molecule has 3 heterocycles. The molecule has 0 aliphatic rings. The first-order valence-corrected chi connectivity index (χ1v) is 9.70. The van der Waals surface area contributed by atoms with E-state index in [-0.39, 0.29) is 5.56 Å². The highest BCUT2D eigenvalue weighted by atomic mass is 32.2. The Labute approximate surface area is 161 Å². The number of thiophene rings is 1. The fourth-order valence-electron chi connectivity index (χ4n) is 2.45. The molecule has 4 rings (SSSR count). The number of nitrogens with zero attached hydrogens (tertiary/aromatic N) is 3. The smallest absolute Gasteiger partial charge is 0.260 e. The highest BCUT2D eigenvalue weighted by Gasteiger charge is 2.15. The van der Waals surface area contributed by atoms with Gasteiger partial charge in [0.15, 0.2) is 5.16 Å². The molecular weight excluding hydrogens is 388 g/mol. The van der Waals surface area contributed by atoms with E-state index in [9.17, 15) is 4.79 Å². The molecule has 0 unspecified atom stereocenters. The summed E-state index contributed by atoms with van der Waals surface area (Å²) in [5.41, 5.74) is 0.544. The molecule has 0 aliphatic heterocycles. The van der Waals surface area contributed by atoms with Gasteiger partial charge in [0.2, 0.25) is 11.7 Å². The molecule has 8 nitrogen and oxygen atoms in total. The van der Waals surface area contributed by atoms with Crippen molar-refractivity contribution in [3.8, 4) is 22.9 Å². The maximum absolute atomic E-state index is 12.0. The first-order valence-electron chi connectivity index (χ1n) is 7.83. The number of aromatic nitrogens is 4. The zero-order chi connectivity index (χ0) is 18.8. The third-order valence-electron chi connectivity index (χ3n) is 3.76. The lowest BCUT2D eigenvalue weighted by molar-refractivity contribution is 0.388. The summed E-state index contributed by atoms with van der Waals surface area (Å²) in [6, 6.07) is 7.12. The Balaban J connectivity index is 1.53. The number of fused-ring (bicyclic) bond motifs is 1. The number of thioether (sulfide) groups is 1. The van der Waals surface area contributed by atoms with Crippen LogP contribution in [0.3, 0.4) is 0 Å². The molecule has 0 atom stereocenters. The van der Waals surface area contributed by atoms with Gasteiger partial charge in [0.1, 0.15) is 16.3 Å². The summed E-state index contributed by atoms with van der Waals surface area (Å²) in [7, 11) is 3.15. The van der Waals surface area contributed by atoms with Crippen molar-refractivity contribution in [1.82, 2.24) is 20.1 Å². The molecule has 1 aromatic carbocycles. The summed E-state index contributed by atoms with van der Waals surface area (Å²) in [4.78, 5) is 24.3. The molecule has 0 spiro atoms. The lowest BCUT2D eigenvalue weighted by Crippen LogP contribution is -2.07. The molecule has 0 fully saturated rings. The van der Waals surface area contributed by atoms with Gasteiger partial charge in [-0.3, -0.25) is 4.79 Å². The Bertz CT molecular complexity index is 1150. The van der Waals surface area contributed by atoms with Crippen LogP contribution in [0.25, 0.3) is 21.6 Å². The second-order valence-electron chi connectivity index (χ2n) is 5.38. The van der Waals surface area contributed by atoms with E-state index in [0.29, 0.717) is 49.9 Å². The van der Waals surface area contributed by atoms with E-state index in [1.54, 1.807) is 32.4 Å². The van der Waals surface area contributed by atoms with Crippen LogP contribution in [0.1, 0.15) is 5.89 Å². The van der Waals surface area contributed by atoms with E-state index in [2.05, 4.69) is 20.1 Å². The molecular formula is C17H14N4O4S2. The van der Waals surface area contributed by atoms with Gasteiger partial charge in [-0.15, -0.1) is 11.3 Å². The van der Waals surface area contributed by atoms with Crippen LogP contribution in [0.15, 0.2) is 44.1 Å². The summed E-state index contributed by atoms with van der Waals surface area (Å²) in [5.74, 6) is 2.48.